The van der Waals surface area contributed by atoms with E-state index in [0.29, 0.717) is 5.15 Å². The van der Waals surface area contributed by atoms with E-state index in [1.807, 2.05) is 0 Å². The second-order valence-electron chi connectivity index (χ2n) is 1.34. The predicted octanol–water partition coefficient (Wildman–Crippen LogP) is -1.44. The van der Waals surface area contributed by atoms with Crippen molar-refractivity contribution < 1.29 is 36.1 Å². The molecule has 1 heterocycles. The molecule has 0 saturated carbocycles. The molecular formula is C5H5ClNNaO. The monoisotopic (exact) mass is 153 g/mol. The normalized spacial score (nSPS) is 8.11. The Balaban J connectivity index is 0. The number of halogens is 1. The summed E-state index contributed by atoms with van der Waals surface area (Å²) in [5, 5.41) is 9.03. The molecule has 1 aromatic heterocycles. The van der Waals surface area contributed by atoms with Gasteiger partial charge in [0.15, 0.2) is 0 Å². The summed E-state index contributed by atoms with van der Waals surface area (Å²) in [4.78, 5) is 3.59. The third kappa shape index (κ3) is 3.06. The van der Waals surface area contributed by atoms with Crippen molar-refractivity contribution >= 4 is 11.6 Å². The van der Waals surface area contributed by atoms with E-state index in [9.17, 15) is 0 Å². The average Bonchev–Trinajstić information content (AvgIpc) is 1.77. The number of aromatic nitrogens is 1. The number of hydrogen-bond donors (Lipinski definition) is 1. The standard InChI is InChI=1S/C5H4ClNO.Na.H/c6-5-2-1-4(8)3-7-5;;/h1-3,8H;;/q;+1;-1. The third-order valence-corrected chi connectivity index (χ3v) is 0.935. The van der Waals surface area contributed by atoms with E-state index in [2.05, 4.69) is 4.98 Å². The molecule has 1 N–H and O–H groups in total. The summed E-state index contributed by atoms with van der Waals surface area (Å²) in [6, 6.07) is 3.01. The van der Waals surface area contributed by atoms with Gasteiger partial charge in [0.1, 0.15) is 10.9 Å². The van der Waals surface area contributed by atoms with Crippen LogP contribution in [0.25, 0.3) is 0 Å². The minimum absolute atomic E-state index is 0. The van der Waals surface area contributed by atoms with Crippen molar-refractivity contribution in [2.45, 2.75) is 0 Å². The van der Waals surface area contributed by atoms with Gasteiger partial charge in [0.05, 0.1) is 6.20 Å². The molecule has 1 rings (SSSR count). The second-order valence-corrected chi connectivity index (χ2v) is 1.73. The molecule has 0 amide bonds. The fourth-order valence-electron chi connectivity index (χ4n) is 0.368. The maximum Gasteiger partial charge on any atom is 1.00 e. The van der Waals surface area contributed by atoms with Crippen molar-refractivity contribution in [3.8, 4) is 5.75 Å². The second kappa shape index (κ2) is 4.12. The number of rotatable bonds is 0. The van der Waals surface area contributed by atoms with Crippen LogP contribution in [0.15, 0.2) is 18.3 Å². The van der Waals surface area contributed by atoms with Crippen LogP contribution in [0, 0.1) is 0 Å². The van der Waals surface area contributed by atoms with Crippen molar-refractivity contribution in [3.05, 3.63) is 23.5 Å². The van der Waals surface area contributed by atoms with E-state index in [4.69, 9.17) is 16.7 Å². The number of pyridine rings is 1. The van der Waals surface area contributed by atoms with Crippen molar-refractivity contribution in [1.82, 2.24) is 4.98 Å². The van der Waals surface area contributed by atoms with Gasteiger partial charge in [-0.3, -0.25) is 0 Å². The van der Waals surface area contributed by atoms with E-state index in [-0.39, 0.29) is 36.7 Å². The van der Waals surface area contributed by atoms with Gasteiger partial charge in [-0.05, 0) is 12.1 Å². The van der Waals surface area contributed by atoms with E-state index in [1.165, 1.54) is 18.3 Å². The van der Waals surface area contributed by atoms with Crippen LogP contribution in [0.1, 0.15) is 1.43 Å². The van der Waals surface area contributed by atoms with Crippen LogP contribution in [0.2, 0.25) is 5.15 Å². The maximum absolute atomic E-state index is 8.64. The summed E-state index contributed by atoms with van der Waals surface area (Å²) in [5.74, 6) is 0.134. The van der Waals surface area contributed by atoms with Crippen LogP contribution in [0.3, 0.4) is 0 Å². The Morgan fingerprint density at radius 3 is 2.56 bits per heavy atom. The van der Waals surface area contributed by atoms with Gasteiger partial charge in [0, 0.05) is 0 Å². The molecule has 9 heavy (non-hydrogen) atoms. The van der Waals surface area contributed by atoms with Crippen LogP contribution >= 0.6 is 11.6 Å². The Hall–Kier alpha value is 0.240. The van der Waals surface area contributed by atoms with Gasteiger partial charge in [-0.2, -0.15) is 0 Å². The van der Waals surface area contributed by atoms with E-state index in [1.54, 1.807) is 0 Å². The first-order valence-corrected chi connectivity index (χ1v) is 2.47. The predicted molar refractivity (Wildman–Crippen MR) is 32.0 cm³/mol. The van der Waals surface area contributed by atoms with Gasteiger partial charge >= 0.3 is 29.6 Å². The molecule has 4 heteroatoms. The molecule has 0 saturated heterocycles. The number of aromatic hydroxyl groups is 1. The minimum Gasteiger partial charge on any atom is -1.00 e. The first kappa shape index (κ1) is 9.24. The Kier molecular flexibility index (Phi) is 4.23. The Morgan fingerprint density at radius 1 is 1.56 bits per heavy atom. The molecule has 0 bridgehead atoms. The molecule has 0 aromatic carbocycles. The summed E-state index contributed by atoms with van der Waals surface area (Å²) in [7, 11) is 0. The summed E-state index contributed by atoms with van der Waals surface area (Å²) < 4.78 is 0. The zero-order chi connectivity index (χ0) is 5.98. The summed E-state index contributed by atoms with van der Waals surface area (Å²) in [5.41, 5.74) is 0. The van der Waals surface area contributed by atoms with Crippen LogP contribution in [0.4, 0.5) is 0 Å². The molecule has 0 aliphatic rings. The van der Waals surface area contributed by atoms with Crippen LogP contribution in [-0.4, -0.2) is 10.1 Å². The fourth-order valence-corrected chi connectivity index (χ4v) is 0.480. The number of nitrogens with zero attached hydrogens (tertiary/aromatic N) is 1. The van der Waals surface area contributed by atoms with E-state index < -0.39 is 0 Å². The van der Waals surface area contributed by atoms with Gasteiger partial charge < -0.3 is 6.53 Å². The van der Waals surface area contributed by atoms with Crippen LogP contribution < -0.4 is 29.6 Å². The van der Waals surface area contributed by atoms with Crippen LogP contribution in [-0.2, 0) is 0 Å². The van der Waals surface area contributed by atoms with Gasteiger partial charge in [0.25, 0.3) is 0 Å². The molecule has 44 valence electrons. The van der Waals surface area contributed by atoms with E-state index in [0.717, 1.165) is 0 Å². The Labute approximate surface area is 81.6 Å². The zero-order valence-corrected chi connectivity index (χ0v) is 7.76. The summed E-state index contributed by atoms with van der Waals surface area (Å²) >= 11 is 5.39. The quantitative estimate of drug-likeness (QED) is 0.366. The zero-order valence-electron chi connectivity index (χ0n) is 6.00. The Morgan fingerprint density at radius 2 is 2.22 bits per heavy atom. The largest absolute Gasteiger partial charge is 1.00 e. The Bertz CT molecular complexity index is 161. The number of hydrogen-bond acceptors (Lipinski definition) is 2. The average molecular weight is 154 g/mol. The molecule has 0 aliphatic heterocycles. The molecule has 0 aliphatic carbocycles. The first-order chi connectivity index (χ1) is 3.79. The van der Waals surface area contributed by atoms with Crippen molar-refractivity contribution in [2.24, 2.45) is 0 Å². The molecule has 0 spiro atoms. The molecule has 1 aromatic rings. The van der Waals surface area contributed by atoms with E-state index >= 15 is 0 Å². The SMILES string of the molecule is Oc1ccc(Cl)nc1.[H-].[Na+]. The van der Waals surface area contributed by atoms with Gasteiger partial charge in [-0.1, -0.05) is 11.6 Å². The van der Waals surface area contributed by atoms with Gasteiger partial charge in [-0.15, -0.1) is 0 Å². The summed E-state index contributed by atoms with van der Waals surface area (Å²) in [6.45, 7) is 0. The molecule has 0 radical (unpaired) electrons. The maximum atomic E-state index is 8.64. The summed E-state index contributed by atoms with van der Waals surface area (Å²) in [6.07, 6.45) is 1.29. The van der Waals surface area contributed by atoms with Gasteiger partial charge in [-0.25, -0.2) is 4.98 Å². The minimum atomic E-state index is 0. The molecule has 0 unspecified atom stereocenters. The van der Waals surface area contributed by atoms with Crippen molar-refractivity contribution in [2.75, 3.05) is 0 Å². The third-order valence-electron chi connectivity index (χ3n) is 0.712. The first-order valence-electron chi connectivity index (χ1n) is 2.09. The van der Waals surface area contributed by atoms with Gasteiger partial charge in [0.2, 0.25) is 0 Å². The molecule has 0 atom stereocenters. The molecular weight excluding hydrogens is 149 g/mol. The topological polar surface area (TPSA) is 33.1 Å². The van der Waals surface area contributed by atoms with Crippen molar-refractivity contribution in [3.63, 3.8) is 0 Å². The van der Waals surface area contributed by atoms with Crippen LogP contribution in [0.5, 0.6) is 5.75 Å². The fraction of sp³-hybridized carbons (Fsp3) is 0. The van der Waals surface area contributed by atoms with Crippen molar-refractivity contribution in [1.29, 1.82) is 0 Å². The molecule has 2 nitrogen and oxygen atoms in total. The smallest absolute Gasteiger partial charge is 1.00 e. The molecule has 0 fully saturated rings.